The molecule has 1 saturated heterocycles. The second-order valence-electron chi connectivity index (χ2n) is 4.82. The summed E-state index contributed by atoms with van der Waals surface area (Å²) in [5.74, 6) is 0.664. The molecule has 5 nitrogen and oxygen atoms in total. The van der Waals surface area contributed by atoms with Gasteiger partial charge in [-0.15, -0.1) is 0 Å². The van der Waals surface area contributed by atoms with Crippen molar-refractivity contribution >= 4 is 11.7 Å². The van der Waals surface area contributed by atoms with E-state index in [1.54, 1.807) is 13.1 Å². The lowest BCUT2D eigenvalue weighted by Crippen LogP contribution is -2.44. The number of likely N-dealkylation sites (tertiary alicyclic amines) is 1. The first kappa shape index (κ1) is 13.8. The van der Waals surface area contributed by atoms with Crippen molar-refractivity contribution in [3.05, 3.63) is 23.9 Å². The number of carbonyl (C=O) groups is 1. The SMILES string of the molecule is CNc1cccc(C(=O)N2CCCCC2CCO)n1. The summed E-state index contributed by atoms with van der Waals surface area (Å²) in [7, 11) is 1.78. The van der Waals surface area contributed by atoms with Crippen molar-refractivity contribution in [2.45, 2.75) is 31.7 Å². The molecule has 0 saturated carbocycles. The Labute approximate surface area is 113 Å². The Bertz CT molecular complexity index is 434. The van der Waals surface area contributed by atoms with Gasteiger partial charge in [-0.1, -0.05) is 6.07 Å². The van der Waals surface area contributed by atoms with Gasteiger partial charge in [0.25, 0.3) is 5.91 Å². The highest BCUT2D eigenvalue weighted by molar-refractivity contribution is 5.93. The molecule has 1 amide bonds. The van der Waals surface area contributed by atoms with Crippen LogP contribution in [0, 0.1) is 0 Å². The van der Waals surface area contributed by atoms with E-state index in [-0.39, 0.29) is 18.6 Å². The van der Waals surface area contributed by atoms with E-state index in [0.717, 1.165) is 25.8 Å². The molecular weight excluding hydrogens is 242 g/mol. The molecular formula is C14H21N3O2. The third-order valence-electron chi connectivity index (χ3n) is 3.57. The summed E-state index contributed by atoms with van der Waals surface area (Å²) in [5, 5.41) is 12.0. The number of hydrogen-bond acceptors (Lipinski definition) is 4. The Kier molecular flexibility index (Phi) is 4.74. The van der Waals surface area contributed by atoms with E-state index in [1.165, 1.54) is 0 Å². The zero-order valence-electron chi connectivity index (χ0n) is 11.3. The summed E-state index contributed by atoms with van der Waals surface area (Å²) in [6.45, 7) is 0.882. The first-order valence-corrected chi connectivity index (χ1v) is 6.83. The number of aliphatic hydroxyl groups is 1. The van der Waals surface area contributed by atoms with Crippen LogP contribution in [0.25, 0.3) is 0 Å². The Morgan fingerprint density at radius 2 is 2.37 bits per heavy atom. The Hall–Kier alpha value is -1.62. The van der Waals surface area contributed by atoms with Crippen LogP contribution in [0.4, 0.5) is 5.82 Å². The Morgan fingerprint density at radius 3 is 3.11 bits per heavy atom. The fourth-order valence-electron chi connectivity index (χ4n) is 2.56. The standard InChI is InChI=1S/C14H21N3O2/c1-15-13-7-4-6-12(16-13)14(19)17-9-3-2-5-11(17)8-10-18/h4,6-7,11,18H,2-3,5,8-10H2,1H3,(H,15,16). The smallest absolute Gasteiger partial charge is 0.272 e. The van der Waals surface area contributed by atoms with Gasteiger partial charge in [-0.3, -0.25) is 4.79 Å². The van der Waals surface area contributed by atoms with Crippen LogP contribution in [-0.4, -0.2) is 47.1 Å². The van der Waals surface area contributed by atoms with Crippen molar-refractivity contribution in [2.75, 3.05) is 25.5 Å². The summed E-state index contributed by atoms with van der Waals surface area (Å²) in [4.78, 5) is 18.7. The summed E-state index contributed by atoms with van der Waals surface area (Å²) in [5.41, 5.74) is 0.469. The second kappa shape index (κ2) is 6.52. The predicted octanol–water partition coefficient (Wildman–Crippen LogP) is 1.50. The van der Waals surface area contributed by atoms with Gasteiger partial charge in [0.05, 0.1) is 0 Å². The number of pyridine rings is 1. The number of carbonyl (C=O) groups excluding carboxylic acids is 1. The third kappa shape index (κ3) is 3.23. The molecule has 0 spiro atoms. The van der Waals surface area contributed by atoms with Crippen LogP contribution in [-0.2, 0) is 0 Å². The minimum absolute atomic E-state index is 0.0322. The molecule has 1 aromatic heterocycles. The Morgan fingerprint density at radius 1 is 1.53 bits per heavy atom. The number of rotatable bonds is 4. The molecule has 2 heterocycles. The van der Waals surface area contributed by atoms with Crippen LogP contribution in [0.1, 0.15) is 36.2 Å². The van der Waals surface area contributed by atoms with Gasteiger partial charge in [0.2, 0.25) is 0 Å². The van der Waals surface area contributed by atoms with Crippen molar-refractivity contribution in [1.29, 1.82) is 0 Å². The number of piperidine rings is 1. The molecule has 0 radical (unpaired) electrons. The molecule has 1 aliphatic heterocycles. The van der Waals surface area contributed by atoms with Crippen molar-refractivity contribution in [3.63, 3.8) is 0 Å². The number of aromatic nitrogens is 1. The van der Waals surface area contributed by atoms with Gasteiger partial charge in [0, 0.05) is 26.2 Å². The molecule has 0 aromatic carbocycles. The molecule has 19 heavy (non-hydrogen) atoms. The third-order valence-corrected chi connectivity index (χ3v) is 3.57. The highest BCUT2D eigenvalue weighted by atomic mass is 16.3. The van der Waals surface area contributed by atoms with Gasteiger partial charge in [-0.2, -0.15) is 0 Å². The van der Waals surface area contributed by atoms with E-state index in [4.69, 9.17) is 5.11 Å². The lowest BCUT2D eigenvalue weighted by molar-refractivity contribution is 0.0569. The van der Waals surface area contributed by atoms with Crippen LogP contribution in [0.5, 0.6) is 0 Å². The van der Waals surface area contributed by atoms with Crippen molar-refractivity contribution in [2.24, 2.45) is 0 Å². The minimum Gasteiger partial charge on any atom is -0.396 e. The predicted molar refractivity (Wildman–Crippen MR) is 74.2 cm³/mol. The molecule has 1 aromatic rings. The van der Waals surface area contributed by atoms with Gasteiger partial charge >= 0.3 is 0 Å². The van der Waals surface area contributed by atoms with Gasteiger partial charge < -0.3 is 15.3 Å². The molecule has 5 heteroatoms. The highest BCUT2D eigenvalue weighted by Gasteiger charge is 2.27. The van der Waals surface area contributed by atoms with Crippen LogP contribution < -0.4 is 5.32 Å². The first-order valence-electron chi connectivity index (χ1n) is 6.83. The van der Waals surface area contributed by atoms with Crippen LogP contribution in [0.15, 0.2) is 18.2 Å². The summed E-state index contributed by atoms with van der Waals surface area (Å²) < 4.78 is 0. The number of aliphatic hydroxyl groups excluding tert-OH is 1. The topological polar surface area (TPSA) is 65.5 Å². The van der Waals surface area contributed by atoms with Crippen LogP contribution in [0.3, 0.4) is 0 Å². The molecule has 0 bridgehead atoms. The maximum atomic E-state index is 12.5. The molecule has 2 N–H and O–H groups in total. The fraction of sp³-hybridized carbons (Fsp3) is 0.571. The lowest BCUT2D eigenvalue weighted by Gasteiger charge is -2.35. The quantitative estimate of drug-likeness (QED) is 0.864. The van der Waals surface area contributed by atoms with Gasteiger partial charge in [0.1, 0.15) is 11.5 Å². The van der Waals surface area contributed by atoms with Gasteiger partial charge in [-0.05, 0) is 37.8 Å². The Balaban J connectivity index is 2.16. The van der Waals surface area contributed by atoms with Crippen LogP contribution in [0.2, 0.25) is 0 Å². The zero-order valence-corrected chi connectivity index (χ0v) is 11.3. The molecule has 0 aliphatic carbocycles. The number of nitrogens with zero attached hydrogens (tertiary/aromatic N) is 2. The number of hydrogen-bond donors (Lipinski definition) is 2. The van der Waals surface area contributed by atoms with Crippen molar-refractivity contribution < 1.29 is 9.90 Å². The van der Waals surface area contributed by atoms with Gasteiger partial charge in [0.15, 0.2) is 0 Å². The summed E-state index contributed by atoms with van der Waals surface area (Å²) in [6, 6.07) is 5.55. The van der Waals surface area contributed by atoms with E-state index in [2.05, 4.69) is 10.3 Å². The number of anilines is 1. The van der Waals surface area contributed by atoms with Crippen molar-refractivity contribution in [1.82, 2.24) is 9.88 Å². The minimum atomic E-state index is -0.0322. The molecule has 1 aliphatic rings. The average Bonchev–Trinajstić information content (AvgIpc) is 2.47. The summed E-state index contributed by atoms with van der Waals surface area (Å²) >= 11 is 0. The normalized spacial score (nSPS) is 19.3. The van der Waals surface area contributed by atoms with E-state index < -0.39 is 0 Å². The first-order chi connectivity index (χ1) is 9.26. The molecule has 1 atom stereocenters. The largest absolute Gasteiger partial charge is 0.396 e. The van der Waals surface area contributed by atoms with E-state index in [9.17, 15) is 4.79 Å². The highest BCUT2D eigenvalue weighted by Crippen LogP contribution is 2.21. The maximum Gasteiger partial charge on any atom is 0.272 e. The molecule has 104 valence electrons. The fourth-order valence-corrected chi connectivity index (χ4v) is 2.56. The summed E-state index contributed by atoms with van der Waals surface area (Å²) in [6.07, 6.45) is 3.77. The number of amides is 1. The molecule has 2 rings (SSSR count). The second-order valence-corrected chi connectivity index (χ2v) is 4.82. The van der Waals surface area contributed by atoms with E-state index >= 15 is 0 Å². The van der Waals surface area contributed by atoms with E-state index in [1.807, 2.05) is 17.0 Å². The maximum absolute atomic E-state index is 12.5. The van der Waals surface area contributed by atoms with Crippen LogP contribution >= 0.6 is 0 Å². The van der Waals surface area contributed by atoms with E-state index in [0.29, 0.717) is 17.9 Å². The molecule has 1 fully saturated rings. The lowest BCUT2D eigenvalue weighted by atomic mass is 9.99. The number of nitrogens with one attached hydrogen (secondary N) is 1. The zero-order chi connectivity index (χ0) is 13.7. The average molecular weight is 263 g/mol. The molecule has 1 unspecified atom stereocenters. The van der Waals surface area contributed by atoms with Gasteiger partial charge in [-0.25, -0.2) is 4.98 Å². The monoisotopic (exact) mass is 263 g/mol. The van der Waals surface area contributed by atoms with Crippen molar-refractivity contribution in [3.8, 4) is 0 Å².